The number of halogens is 1. The van der Waals surface area contributed by atoms with E-state index in [1.165, 1.54) is 5.56 Å². The molecular formula is C16H27ClN2O. The highest BCUT2D eigenvalue weighted by Gasteiger charge is 2.11. The van der Waals surface area contributed by atoms with Crippen LogP contribution < -0.4 is 5.32 Å². The fraction of sp³-hybridized carbons (Fsp3) is 0.625. The molecule has 1 rings (SSSR count). The van der Waals surface area contributed by atoms with Crippen LogP contribution in [-0.4, -0.2) is 44.8 Å². The van der Waals surface area contributed by atoms with Crippen molar-refractivity contribution in [3.8, 4) is 0 Å². The first-order chi connectivity index (χ1) is 9.71. The van der Waals surface area contributed by atoms with Gasteiger partial charge >= 0.3 is 0 Å². The summed E-state index contributed by atoms with van der Waals surface area (Å²) in [5.74, 6) is 0. The topological polar surface area (TPSA) is 24.5 Å². The third-order valence-corrected chi connectivity index (χ3v) is 3.81. The van der Waals surface area contributed by atoms with Crippen molar-refractivity contribution in [1.29, 1.82) is 0 Å². The molecule has 0 heterocycles. The maximum atomic E-state index is 5.94. The Morgan fingerprint density at radius 1 is 1.20 bits per heavy atom. The Hall–Kier alpha value is -0.610. The van der Waals surface area contributed by atoms with Gasteiger partial charge < -0.3 is 15.0 Å². The normalized spacial score (nSPS) is 12.8. The van der Waals surface area contributed by atoms with Crippen LogP contribution in [0.25, 0.3) is 0 Å². The molecule has 1 unspecified atom stereocenters. The highest BCUT2D eigenvalue weighted by Crippen LogP contribution is 2.19. The van der Waals surface area contributed by atoms with Gasteiger partial charge in [-0.2, -0.15) is 0 Å². The second kappa shape index (κ2) is 10.2. The third kappa shape index (κ3) is 6.23. The SMILES string of the molecule is CCOCCN(CC)CCC(NC)c1ccc(Cl)cc1. The van der Waals surface area contributed by atoms with Crippen molar-refractivity contribution in [3.05, 3.63) is 34.9 Å². The van der Waals surface area contributed by atoms with E-state index in [4.69, 9.17) is 16.3 Å². The second-order valence-electron chi connectivity index (χ2n) is 4.81. The maximum Gasteiger partial charge on any atom is 0.0593 e. The van der Waals surface area contributed by atoms with E-state index in [0.29, 0.717) is 6.04 Å². The second-order valence-corrected chi connectivity index (χ2v) is 5.25. The highest BCUT2D eigenvalue weighted by atomic mass is 35.5. The van der Waals surface area contributed by atoms with Gasteiger partial charge in [0.25, 0.3) is 0 Å². The number of nitrogens with one attached hydrogen (secondary N) is 1. The standard InChI is InChI=1S/C16H27ClN2O/c1-4-19(12-13-20-5-2)11-10-16(18-3)14-6-8-15(17)9-7-14/h6-9,16,18H,4-5,10-13H2,1-3H3. The molecule has 1 N–H and O–H groups in total. The number of hydrogen-bond donors (Lipinski definition) is 1. The molecule has 1 aromatic rings. The summed E-state index contributed by atoms with van der Waals surface area (Å²) < 4.78 is 5.42. The fourth-order valence-electron chi connectivity index (χ4n) is 2.25. The van der Waals surface area contributed by atoms with E-state index in [1.54, 1.807) is 0 Å². The van der Waals surface area contributed by atoms with E-state index < -0.39 is 0 Å². The van der Waals surface area contributed by atoms with Crippen molar-refractivity contribution in [1.82, 2.24) is 10.2 Å². The number of ether oxygens (including phenoxy) is 1. The van der Waals surface area contributed by atoms with E-state index in [0.717, 1.165) is 44.3 Å². The molecule has 3 nitrogen and oxygen atoms in total. The first-order valence-electron chi connectivity index (χ1n) is 7.44. The van der Waals surface area contributed by atoms with Gasteiger partial charge in [-0.1, -0.05) is 30.7 Å². The van der Waals surface area contributed by atoms with E-state index in [2.05, 4.69) is 29.3 Å². The molecule has 0 saturated carbocycles. The molecule has 0 aliphatic heterocycles. The number of hydrogen-bond acceptors (Lipinski definition) is 3. The molecule has 0 spiro atoms. The minimum absolute atomic E-state index is 0.369. The van der Waals surface area contributed by atoms with Crippen LogP contribution in [0.3, 0.4) is 0 Å². The molecule has 1 atom stereocenters. The molecule has 114 valence electrons. The minimum atomic E-state index is 0.369. The van der Waals surface area contributed by atoms with Gasteiger partial charge in [-0.15, -0.1) is 0 Å². The van der Waals surface area contributed by atoms with Crippen molar-refractivity contribution in [3.63, 3.8) is 0 Å². The Morgan fingerprint density at radius 2 is 1.90 bits per heavy atom. The number of benzene rings is 1. The fourth-order valence-corrected chi connectivity index (χ4v) is 2.38. The first kappa shape index (κ1) is 17.4. The summed E-state index contributed by atoms with van der Waals surface area (Å²) in [7, 11) is 2.01. The molecule has 0 fully saturated rings. The average Bonchev–Trinajstić information content (AvgIpc) is 2.47. The zero-order valence-corrected chi connectivity index (χ0v) is 13.6. The Bertz CT molecular complexity index is 356. The first-order valence-corrected chi connectivity index (χ1v) is 7.81. The van der Waals surface area contributed by atoms with Crippen LogP contribution in [0, 0.1) is 0 Å². The lowest BCUT2D eigenvalue weighted by Gasteiger charge is -2.24. The van der Waals surface area contributed by atoms with Crippen molar-refractivity contribution < 1.29 is 4.74 Å². The van der Waals surface area contributed by atoms with Gasteiger partial charge in [-0.25, -0.2) is 0 Å². The van der Waals surface area contributed by atoms with Crippen molar-refractivity contribution in [2.45, 2.75) is 26.3 Å². The molecule has 1 aromatic carbocycles. The number of likely N-dealkylation sites (N-methyl/N-ethyl adjacent to an activating group) is 1. The van der Waals surface area contributed by atoms with E-state index in [-0.39, 0.29) is 0 Å². The van der Waals surface area contributed by atoms with Gasteiger partial charge in [-0.3, -0.25) is 0 Å². The molecule has 0 aliphatic rings. The smallest absolute Gasteiger partial charge is 0.0593 e. The van der Waals surface area contributed by atoms with Crippen LogP contribution in [0.4, 0.5) is 0 Å². The molecule has 0 aromatic heterocycles. The van der Waals surface area contributed by atoms with E-state index >= 15 is 0 Å². The average molecular weight is 299 g/mol. The lowest BCUT2D eigenvalue weighted by atomic mass is 10.0. The molecule has 20 heavy (non-hydrogen) atoms. The molecule has 4 heteroatoms. The molecule has 0 aliphatic carbocycles. The van der Waals surface area contributed by atoms with Crippen molar-refractivity contribution in [2.24, 2.45) is 0 Å². The van der Waals surface area contributed by atoms with Crippen molar-refractivity contribution in [2.75, 3.05) is 39.9 Å². The Balaban J connectivity index is 2.44. The predicted octanol–water partition coefficient (Wildman–Crippen LogP) is 3.35. The Labute approximate surface area is 128 Å². The Kier molecular flexibility index (Phi) is 8.86. The monoisotopic (exact) mass is 298 g/mol. The van der Waals surface area contributed by atoms with Crippen LogP contribution in [0.1, 0.15) is 31.9 Å². The predicted molar refractivity (Wildman–Crippen MR) is 86.5 cm³/mol. The molecule has 0 amide bonds. The molecular weight excluding hydrogens is 272 g/mol. The van der Waals surface area contributed by atoms with E-state index in [1.807, 2.05) is 26.1 Å². The lowest BCUT2D eigenvalue weighted by Crippen LogP contribution is -2.31. The molecule has 0 saturated heterocycles. The van der Waals surface area contributed by atoms with Gasteiger partial charge in [0.05, 0.1) is 6.61 Å². The summed E-state index contributed by atoms with van der Waals surface area (Å²) in [4.78, 5) is 2.43. The summed E-state index contributed by atoms with van der Waals surface area (Å²) >= 11 is 5.94. The van der Waals surface area contributed by atoms with Crippen LogP contribution in [0.15, 0.2) is 24.3 Å². The molecule has 0 radical (unpaired) electrons. The zero-order valence-electron chi connectivity index (χ0n) is 12.9. The Morgan fingerprint density at radius 3 is 2.45 bits per heavy atom. The summed E-state index contributed by atoms with van der Waals surface area (Å²) in [5.41, 5.74) is 1.29. The minimum Gasteiger partial charge on any atom is -0.380 e. The van der Waals surface area contributed by atoms with Crippen LogP contribution in [0.5, 0.6) is 0 Å². The maximum absolute atomic E-state index is 5.94. The summed E-state index contributed by atoms with van der Waals surface area (Å²) in [6, 6.07) is 8.47. The van der Waals surface area contributed by atoms with E-state index in [9.17, 15) is 0 Å². The van der Waals surface area contributed by atoms with Crippen LogP contribution >= 0.6 is 11.6 Å². The van der Waals surface area contributed by atoms with Gasteiger partial charge in [0.15, 0.2) is 0 Å². The van der Waals surface area contributed by atoms with Crippen molar-refractivity contribution >= 4 is 11.6 Å². The molecule has 0 bridgehead atoms. The summed E-state index contributed by atoms with van der Waals surface area (Å²) in [6.07, 6.45) is 1.08. The zero-order chi connectivity index (χ0) is 14.8. The lowest BCUT2D eigenvalue weighted by molar-refractivity contribution is 0.113. The largest absolute Gasteiger partial charge is 0.380 e. The third-order valence-electron chi connectivity index (χ3n) is 3.56. The van der Waals surface area contributed by atoms with Gasteiger partial charge in [0.2, 0.25) is 0 Å². The van der Waals surface area contributed by atoms with Gasteiger partial charge in [0.1, 0.15) is 0 Å². The summed E-state index contributed by atoms with van der Waals surface area (Å²) in [5, 5.41) is 4.17. The summed E-state index contributed by atoms with van der Waals surface area (Å²) in [6.45, 7) is 8.97. The van der Waals surface area contributed by atoms with Gasteiger partial charge in [0, 0.05) is 30.8 Å². The van der Waals surface area contributed by atoms with Gasteiger partial charge in [-0.05, 0) is 44.6 Å². The van der Waals surface area contributed by atoms with Crippen LogP contribution in [0.2, 0.25) is 5.02 Å². The quantitative estimate of drug-likeness (QED) is 0.671. The number of rotatable bonds is 10. The number of nitrogens with zero attached hydrogens (tertiary/aromatic N) is 1. The highest BCUT2D eigenvalue weighted by molar-refractivity contribution is 6.30. The van der Waals surface area contributed by atoms with Crippen LogP contribution in [-0.2, 0) is 4.74 Å².